The van der Waals surface area contributed by atoms with Crippen molar-refractivity contribution in [3.05, 3.63) is 41.5 Å². The Labute approximate surface area is 158 Å². The standard InChI is InChI=1S/C21H24O6/c1-20(19(23)27-4)10-9-16-15-7-6-14(25-2)11-13(15)5-8-17(16)21(20,24)12-18(22)26-3/h5-8,11,24H,9-10,12H2,1-4H3/t20-,21+/m0/s1. The summed E-state index contributed by atoms with van der Waals surface area (Å²) in [5, 5.41) is 13.6. The molecule has 6 nitrogen and oxygen atoms in total. The van der Waals surface area contributed by atoms with Crippen LogP contribution in [0.4, 0.5) is 0 Å². The van der Waals surface area contributed by atoms with Crippen LogP contribution in [-0.4, -0.2) is 38.4 Å². The summed E-state index contributed by atoms with van der Waals surface area (Å²) in [6.07, 6.45) is 0.600. The Balaban J connectivity index is 2.24. The first-order valence-corrected chi connectivity index (χ1v) is 8.78. The third-order valence-corrected chi connectivity index (χ3v) is 5.84. The van der Waals surface area contributed by atoms with Gasteiger partial charge in [-0.15, -0.1) is 0 Å². The predicted octanol–water partition coefficient (Wildman–Crippen LogP) is 2.72. The lowest BCUT2D eigenvalue weighted by atomic mass is 9.60. The second kappa shape index (κ2) is 6.85. The van der Waals surface area contributed by atoms with Crippen LogP contribution in [-0.2, 0) is 31.1 Å². The summed E-state index contributed by atoms with van der Waals surface area (Å²) in [7, 11) is 4.16. The Morgan fingerprint density at radius 1 is 1.11 bits per heavy atom. The molecule has 144 valence electrons. The van der Waals surface area contributed by atoms with Gasteiger partial charge in [-0.05, 0) is 53.8 Å². The summed E-state index contributed by atoms with van der Waals surface area (Å²) in [5.41, 5.74) is -1.51. The van der Waals surface area contributed by atoms with Crippen LogP contribution in [0.25, 0.3) is 10.8 Å². The molecule has 0 saturated carbocycles. The Hall–Kier alpha value is -2.60. The van der Waals surface area contributed by atoms with Gasteiger partial charge in [0, 0.05) is 0 Å². The summed E-state index contributed by atoms with van der Waals surface area (Å²) in [6, 6.07) is 9.36. The molecule has 0 saturated heterocycles. The largest absolute Gasteiger partial charge is 0.497 e. The highest BCUT2D eigenvalue weighted by molar-refractivity contribution is 5.90. The first kappa shape index (κ1) is 19.2. The SMILES string of the molecule is COC(=O)C[C@@]1(O)c2ccc3cc(OC)ccc3c2CC[C@@]1(C)C(=O)OC. The van der Waals surface area contributed by atoms with Gasteiger partial charge < -0.3 is 19.3 Å². The highest BCUT2D eigenvalue weighted by atomic mass is 16.5. The highest BCUT2D eigenvalue weighted by Gasteiger charge is 2.58. The van der Waals surface area contributed by atoms with E-state index in [0.29, 0.717) is 18.4 Å². The van der Waals surface area contributed by atoms with Crippen LogP contribution in [0, 0.1) is 5.41 Å². The molecular weight excluding hydrogens is 348 g/mol. The molecule has 0 spiro atoms. The zero-order chi connectivity index (χ0) is 19.8. The predicted molar refractivity (Wildman–Crippen MR) is 99.5 cm³/mol. The van der Waals surface area contributed by atoms with Crippen molar-refractivity contribution in [1.82, 2.24) is 0 Å². The minimum Gasteiger partial charge on any atom is -0.497 e. The van der Waals surface area contributed by atoms with Crippen LogP contribution in [0.1, 0.15) is 30.9 Å². The maximum atomic E-state index is 12.6. The van der Waals surface area contributed by atoms with E-state index in [1.165, 1.54) is 14.2 Å². The van der Waals surface area contributed by atoms with Gasteiger partial charge in [-0.3, -0.25) is 9.59 Å². The van der Waals surface area contributed by atoms with Gasteiger partial charge in [-0.2, -0.15) is 0 Å². The van der Waals surface area contributed by atoms with Crippen LogP contribution in [0.2, 0.25) is 0 Å². The summed E-state index contributed by atoms with van der Waals surface area (Å²) in [5.74, 6) is -0.396. The second-order valence-corrected chi connectivity index (χ2v) is 7.12. The fourth-order valence-electron chi connectivity index (χ4n) is 4.10. The molecule has 2 atom stereocenters. The maximum absolute atomic E-state index is 12.6. The zero-order valence-corrected chi connectivity index (χ0v) is 16.0. The molecule has 0 fully saturated rings. The molecule has 1 aliphatic carbocycles. The maximum Gasteiger partial charge on any atom is 0.314 e. The van der Waals surface area contributed by atoms with Gasteiger partial charge in [0.1, 0.15) is 11.4 Å². The smallest absolute Gasteiger partial charge is 0.314 e. The number of fused-ring (bicyclic) bond motifs is 3. The Bertz CT molecular complexity index is 905. The number of esters is 2. The van der Waals surface area contributed by atoms with E-state index in [1.54, 1.807) is 20.1 Å². The number of benzene rings is 2. The van der Waals surface area contributed by atoms with Crippen LogP contribution < -0.4 is 4.74 Å². The number of rotatable bonds is 4. The van der Waals surface area contributed by atoms with E-state index >= 15 is 0 Å². The fraction of sp³-hybridized carbons (Fsp3) is 0.429. The molecule has 3 rings (SSSR count). The van der Waals surface area contributed by atoms with E-state index < -0.39 is 23.0 Å². The molecule has 0 bridgehead atoms. The minimum atomic E-state index is -1.73. The van der Waals surface area contributed by atoms with Gasteiger partial charge in [0.25, 0.3) is 0 Å². The van der Waals surface area contributed by atoms with Gasteiger partial charge in [0.15, 0.2) is 0 Å². The summed E-state index contributed by atoms with van der Waals surface area (Å²) >= 11 is 0. The summed E-state index contributed by atoms with van der Waals surface area (Å²) in [4.78, 5) is 24.7. The molecule has 0 amide bonds. The van der Waals surface area contributed by atoms with Crippen molar-refractivity contribution in [2.45, 2.75) is 31.8 Å². The Morgan fingerprint density at radius 2 is 1.85 bits per heavy atom. The third kappa shape index (κ3) is 2.84. The molecule has 0 aliphatic heterocycles. The monoisotopic (exact) mass is 372 g/mol. The lowest BCUT2D eigenvalue weighted by Crippen LogP contribution is -2.53. The second-order valence-electron chi connectivity index (χ2n) is 7.12. The van der Waals surface area contributed by atoms with E-state index in [-0.39, 0.29) is 6.42 Å². The molecule has 27 heavy (non-hydrogen) atoms. The molecule has 1 aliphatic rings. The number of aliphatic hydroxyl groups is 1. The zero-order valence-electron chi connectivity index (χ0n) is 16.0. The van der Waals surface area contributed by atoms with Crippen molar-refractivity contribution >= 4 is 22.7 Å². The number of ether oxygens (including phenoxy) is 3. The van der Waals surface area contributed by atoms with Crippen LogP contribution >= 0.6 is 0 Å². The Morgan fingerprint density at radius 3 is 2.48 bits per heavy atom. The number of aryl methyl sites for hydroxylation is 1. The van der Waals surface area contributed by atoms with Gasteiger partial charge in [-0.1, -0.05) is 18.2 Å². The molecule has 2 aromatic rings. The minimum absolute atomic E-state index is 0.330. The average molecular weight is 372 g/mol. The van der Waals surface area contributed by atoms with E-state index in [0.717, 1.165) is 22.1 Å². The molecule has 0 radical (unpaired) electrons. The Kier molecular flexibility index (Phi) is 4.86. The van der Waals surface area contributed by atoms with Crippen LogP contribution in [0.5, 0.6) is 5.75 Å². The third-order valence-electron chi connectivity index (χ3n) is 5.84. The number of hydrogen-bond donors (Lipinski definition) is 1. The summed E-state index contributed by atoms with van der Waals surface area (Å²) < 4.78 is 15.0. The van der Waals surface area contributed by atoms with Crippen molar-refractivity contribution in [3.8, 4) is 5.75 Å². The number of hydrogen-bond acceptors (Lipinski definition) is 6. The molecular formula is C21H24O6. The van der Waals surface area contributed by atoms with Crippen LogP contribution in [0.15, 0.2) is 30.3 Å². The fourth-order valence-corrected chi connectivity index (χ4v) is 4.10. The van der Waals surface area contributed by atoms with E-state index in [1.807, 2.05) is 24.3 Å². The lowest BCUT2D eigenvalue weighted by molar-refractivity contribution is -0.181. The molecule has 0 heterocycles. The quantitative estimate of drug-likeness (QED) is 0.831. The van der Waals surface area contributed by atoms with Crippen molar-refractivity contribution in [1.29, 1.82) is 0 Å². The highest BCUT2D eigenvalue weighted by Crippen LogP contribution is 2.52. The van der Waals surface area contributed by atoms with Gasteiger partial charge in [-0.25, -0.2) is 0 Å². The lowest BCUT2D eigenvalue weighted by Gasteiger charge is -2.47. The first-order valence-electron chi connectivity index (χ1n) is 8.78. The van der Waals surface area contributed by atoms with E-state index in [4.69, 9.17) is 14.2 Å². The molecule has 2 aromatic carbocycles. The molecule has 6 heteroatoms. The van der Waals surface area contributed by atoms with E-state index in [2.05, 4.69) is 0 Å². The molecule has 0 unspecified atom stereocenters. The van der Waals surface area contributed by atoms with Gasteiger partial charge in [0.05, 0.1) is 33.2 Å². The van der Waals surface area contributed by atoms with Crippen molar-refractivity contribution in [2.24, 2.45) is 5.41 Å². The normalized spacial score (nSPS) is 24.2. The van der Waals surface area contributed by atoms with Gasteiger partial charge in [0.2, 0.25) is 0 Å². The first-order chi connectivity index (χ1) is 12.8. The number of carbonyl (C=O) groups excluding carboxylic acids is 2. The average Bonchev–Trinajstić information content (AvgIpc) is 2.69. The topological polar surface area (TPSA) is 82.1 Å². The van der Waals surface area contributed by atoms with Gasteiger partial charge >= 0.3 is 11.9 Å². The van der Waals surface area contributed by atoms with Crippen molar-refractivity contribution in [3.63, 3.8) is 0 Å². The summed E-state index contributed by atoms with van der Waals surface area (Å²) in [6.45, 7) is 1.64. The number of carbonyl (C=O) groups is 2. The van der Waals surface area contributed by atoms with Crippen LogP contribution in [0.3, 0.4) is 0 Å². The molecule has 1 N–H and O–H groups in total. The molecule has 0 aromatic heterocycles. The van der Waals surface area contributed by atoms with E-state index in [9.17, 15) is 14.7 Å². The van der Waals surface area contributed by atoms with Crippen molar-refractivity contribution in [2.75, 3.05) is 21.3 Å². The number of methoxy groups -OCH3 is 3. The van der Waals surface area contributed by atoms with Crippen molar-refractivity contribution < 1.29 is 28.9 Å².